The normalized spacial score (nSPS) is 15.8. The minimum atomic E-state index is -0.0227. The Bertz CT molecular complexity index is 334. The third kappa shape index (κ3) is 1.56. The molecule has 2 rings (SSSR count). The molecule has 0 aromatic heterocycles. The molecule has 0 bridgehead atoms. The lowest BCUT2D eigenvalue weighted by Gasteiger charge is -2.14. The standard InChI is InChI=1S/C10H13N3O/c11-7-8-1-3-9(4-2-8)13-6-5-12-10(13)14/h1-4H,5-7,11H2,(H,12,14). The molecule has 1 saturated heterocycles. The van der Waals surface area contributed by atoms with Crippen LogP contribution < -0.4 is 16.0 Å². The van der Waals surface area contributed by atoms with Crippen LogP contribution in [0.15, 0.2) is 24.3 Å². The molecule has 1 aliphatic heterocycles. The van der Waals surface area contributed by atoms with Gasteiger partial charge in [0.05, 0.1) is 0 Å². The second kappa shape index (κ2) is 3.67. The van der Waals surface area contributed by atoms with Crippen LogP contribution in [-0.4, -0.2) is 19.1 Å². The molecule has 0 spiro atoms. The highest BCUT2D eigenvalue weighted by atomic mass is 16.2. The van der Waals surface area contributed by atoms with Gasteiger partial charge in [0.25, 0.3) is 0 Å². The lowest BCUT2D eigenvalue weighted by molar-refractivity contribution is 0.252. The van der Waals surface area contributed by atoms with Crippen LogP contribution in [0.4, 0.5) is 10.5 Å². The molecule has 0 atom stereocenters. The minimum Gasteiger partial charge on any atom is -0.336 e. The molecule has 1 fully saturated rings. The summed E-state index contributed by atoms with van der Waals surface area (Å²) in [5.41, 5.74) is 7.49. The van der Waals surface area contributed by atoms with E-state index >= 15 is 0 Å². The number of nitrogens with zero attached hydrogens (tertiary/aromatic N) is 1. The van der Waals surface area contributed by atoms with Gasteiger partial charge in [0, 0.05) is 25.3 Å². The maximum absolute atomic E-state index is 11.3. The monoisotopic (exact) mass is 191 g/mol. The summed E-state index contributed by atoms with van der Waals surface area (Å²) in [4.78, 5) is 13.0. The van der Waals surface area contributed by atoms with Gasteiger partial charge in [0.1, 0.15) is 0 Å². The molecule has 3 N–H and O–H groups in total. The fourth-order valence-electron chi connectivity index (χ4n) is 1.53. The van der Waals surface area contributed by atoms with E-state index in [1.807, 2.05) is 24.3 Å². The van der Waals surface area contributed by atoms with Gasteiger partial charge in [0.2, 0.25) is 0 Å². The SMILES string of the molecule is NCc1ccc(N2CCNC2=O)cc1. The Morgan fingerprint density at radius 2 is 2.07 bits per heavy atom. The van der Waals surface area contributed by atoms with Crippen molar-refractivity contribution in [3.63, 3.8) is 0 Å². The number of rotatable bonds is 2. The van der Waals surface area contributed by atoms with Crippen LogP contribution in [0.2, 0.25) is 0 Å². The van der Waals surface area contributed by atoms with Crippen molar-refractivity contribution in [1.82, 2.24) is 5.32 Å². The van der Waals surface area contributed by atoms with Crippen molar-refractivity contribution in [2.24, 2.45) is 5.73 Å². The number of hydrogen-bond acceptors (Lipinski definition) is 2. The molecule has 1 heterocycles. The Balaban J connectivity index is 2.20. The minimum absolute atomic E-state index is 0.0227. The second-order valence-electron chi connectivity index (χ2n) is 3.25. The fourth-order valence-corrected chi connectivity index (χ4v) is 1.53. The van der Waals surface area contributed by atoms with E-state index in [1.165, 1.54) is 0 Å². The van der Waals surface area contributed by atoms with E-state index in [2.05, 4.69) is 5.32 Å². The van der Waals surface area contributed by atoms with E-state index in [1.54, 1.807) is 4.90 Å². The van der Waals surface area contributed by atoms with Gasteiger partial charge in [-0.05, 0) is 17.7 Å². The zero-order valence-electron chi connectivity index (χ0n) is 7.86. The molecule has 0 saturated carbocycles. The molecule has 0 unspecified atom stereocenters. The Kier molecular flexibility index (Phi) is 2.37. The van der Waals surface area contributed by atoms with Gasteiger partial charge in [-0.15, -0.1) is 0 Å². The average molecular weight is 191 g/mol. The lowest BCUT2D eigenvalue weighted by atomic mass is 10.2. The zero-order valence-corrected chi connectivity index (χ0v) is 7.86. The molecule has 0 radical (unpaired) electrons. The number of benzene rings is 1. The molecule has 2 amide bonds. The molecule has 4 nitrogen and oxygen atoms in total. The van der Waals surface area contributed by atoms with Crippen LogP contribution in [0.5, 0.6) is 0 Å². The number of nitrogens with one attached hydrogen (secondary N) is 1. The highest BCUT2D eigenvalue weighted by Crippen LogP contribution is 2.16. The summed E-state index contributed by atoms with van der Waals surface area (Å²) in [5.74, 6) is 0. The van der Waals surface area contributed by atoms with Gasteiger partial charge in [-0.1, -0.05) is 12.1 Å². The molecule has 4 heteroatoms. The first-order chi connectivity index (χ1) is 6.81. The second-order valence-corrected chi connectivity index (χ2v) is 3.25. The van der Waals surface area contributed by atoms with Gasteiger partial charge in [-0.2, -0.15) is 0 Å². The van der Waals surface area contributed by atoms with Gasteiger partial charge in [-0.3, -0.25) is 4.90 Å². The molecule has 74 valence electrons. The third-order valence-corrected chi connectivity index (χ3v) is 2.34. The van der Waals surface area contributed by atoms with Gasteiger partial charge < -0.3 is 11.1 Å². The number of hydrogen-bond donors (Lipinski definition) is 2. The summed E-state index contributed by atoms with van der Waals surface area (Å²) in [7, 11) is 0. The predicted octanol–water partition coefficient (Wildman–Crippen LogP) is 0.675. The largest absolute Gasteiger partial charge is 0.336 e. The molecule has 0 aliphatic carbocycles. The third-order valence-electron chi connectivity index (χ3n) is 2.34. The maximum atomic E-state index is 11.3. The smallest absolute Gasteiger partial charge is 0.321 e. The highest BCUT2D eigenvalue weighted by Gasteiger charge is 2.20. The van der Waals surface area contributed by atoms with Crippen molar-refractivity contribution in [2.75, 3.05) is 18.0 Å². The molecule has 14 heavy (non-hydrogen) atoms. The summed E-state index contributed by atoms with van der Waals surface area (Å²) >= 11 is 0. The first-order valence-corrected chi connectivity index (χ1v) is 4.65. The summed E-state index contributed by atoms with van der Waals surface area (Å²) in [6.07, 6.45) is 0. The Labute approximate surface area is 82.7 Å². The molecular formula is C10H13N3O. The van der Waals surface area contributed by atoms with Crippen molar-refractivity contribution in [2.45, 2.75) is 6.54 Å². The van der Waals surface area contributed by atoms with Crippen LogP contribution in [-0.2, 0) is 6.54 Å². The Morgan fingerprint density at radius 3 is 2.57 bits per heavy atom. The number of nitrogens with two attached hydrogens (primary N) is 1. The van der Waals surface area contributed by atoms with E-state index < -0.39 is 0 Å². The number of carbonyl (C=O) groups is 1. The van der Waals surface area contributed by atoms with Gasteiger partial charge in [0.15, 0.2) is 0 Å². The van der Waals surface area contributed by atoms with E-state index in [-0.39, 0.29) is 6.03 Å². The topological polar surface area (TPSA) is 58.4 Å². The van der Waals surface area contributed by atoms with Crippen LogP contribution in [0.25, 0.3) is 0 Å². The van der Waals surface area contributed by atoms with Gasteiger partial charge >= 0.3 is 6.03 Å². The van der Waals surface area contributed by atoms with Crippen molar-refractivity contribution in [3.05, 3.63) is 29.8 Å². The Hall–Kier alpha value is -1.55. The quantitative estimate of drug-likeness (QED) is 0.722. The summed E-state index contributed by atoms with van der Waals surface area (Å²) in [5, 5.41) is 2.76. The lowest BCUT2D eigenvalue weighted by Crippen LogP contribution is -2.27. The predicted molar refractivity (Wildman–Crippen MR) is 55.1 cm³/mol. The number of carbonyl (C=O) groups excluding carboxylic acids is 1. The molecule has 1 aromatic carbocycles. The summed E-state index contributed by atoms with van der Waals surface area (Å²) in [6, 6.07) is 7.72. The van der Waals surface area contributed by atoms with Crippen molar-refractivity contribution >= 4 is 11.7 Å². The molecule has 1 aliphatic rings. The van der Waals surface area contributed by atoms with Gasteiger partial charge in [-0.25, -0.2) is 4.79 Å². The van der Waals surface area contributed by atoms with E-state index in [0.29, 0.717) is 6.54 Å². The average Bonchev–Trinajstić information content (AvgIpc) is 2.65. The fraction of sp³-hybridized carbons (Fsp3) is 0.300. The highest BCUT2D eigenvalue weighted by molar-refractivity contribution is 5.93. The van der Waals surface area contributed by atoms with Crippen LogP contribution >= 0.6 is 0 Å². The number of amides is 2. The molecule has 1 aromatic rings. The van der Waals surface area contributed by atoms with Crippen LogP contribution in [0, 0.1) is 0 Å². The van der Waals surface area contributed by atoms with E-state index in [9.17, 15) is 4.79 Å². The zero-order chi connectivity index (χ0) is 9.97. The van der Waals surface area contributed by atoms with E-state index in [4.69, 9.17) is 5.73 Å². The van der Waals surface area contributed by atoms with Crippen molar-refractivity contribution in [1.29, 1.82) is 0 Å². The first kappa shape index (κ1) is 9.02. The summed E-state index contributed by atoms with van der Waals surface area (Å²) < 4.78 is 0. The van der Waals surface area contributed by atoms with Crippen molar-refractivity contribution in [3.8, 4) is 0 Å². The number of urea groups is 1. The van der Waals surface area contributed by atoms with Crippen LogP contribution in [0.1, 0.15) is 5.56 Å². The van der Waals surface area contributed by atoms with Crippen molar-refractivity contribution < 1.29 is 4.79 Å². The summed E-state index contributed by atoms with van der Waals surface area (Å²) in [6.45, 7) is 1.99. The van der Waals surface area contributed by atoms with Crippen LogP contribution in [0.3, 0.4) is 0 Å². The Morgan fingerprint density at radius 1 is 1.36 bits per heavy atom. The maximum Gasteiger partial charge on any atom is 0.321 e. The number of anilines is 1. The first-order valence-electron chi connectivity index (χ1n) is 4.65. The van der Waals surface area contributed by atoms with E-state index in [0.717, 1.165) is 24.3 Å². The molecular weight excluding hydrogens is 178 g/mol.